The van der Waals surface area contributed by atoms with Crippen molar-refractivity contribution in [2.24, 2.45) is 5.92 Å². The maximum absolute atomic E-state index is 14.4. The molecule has 1 amide bonds. The first-order chi connectivity index (χ1) is 12.0. The van der Waals surface area contributed by atoms with Gasteiger partial charge < -0.3 is 15.2 Å². The van der Waals surface area contributed by atoms with Crippen LogP contribution in [-0.4, -0.2) is 23.5 Å². The van der Waals surface area contributed by atoms with Crippen molar-refractivity contribution in [2.45, 2.75) is 12.5 Å². The van der Waals surface area contributed by atoms with Crippen LogP contribution >= 0.6 is 0 Å². The van der Waals surface area contributed by atoms with E-state index in [1.165, 1.54) is 0 Å². The fourth-order valence-electron chi connectivity index (χ4n) is 2.91. The maximum Gasteiger partial charge on any atom is 0.316 e. The SMILES string of the molecule is O=C(O)C1C(=O)NCC1c1c(F)cc(OCc2ccccc2)cc1F. The van der Waals surface area contributed by atoms with Gasteiger partial charge in [0.15, 0.2) is 0 Å². The molecule has 1 aliphatic heterocycles. The molecule has 25 heavy (non-hydrogen) atoms. The van der Waals surface area contributed by atoms with E-state index in [1.54, 1.807) is 0 Å². The Morgan fingerprint density at radius 3 is 2.44 bits per heavy atom. The molecule has 0 bridgehead atoms. The molecule has 0 saturated carbocycles. The van der Waals surface area contributed by atoms with E-state index in [-0.39, 0.29) is 18.9 Å². The number of hydrogen-bond acceptors (Lipinski definition) is 3. The van der Waals surface area contributed by atoms with E-state index in [9.17, 15) is 18.4 Å². The number of carboxylic acid groups (broad SMARTS) is 1. The number of rotatable bonds is 5. The molecule has 5 nitrogen and oxygen atoms in total. The number of aliphatic carboxylic acids is 1. The van der Waals surface area contributed by atoms with Crippen LogP contribution in [0.25, 0.3) is 0 Å². The molecule has 2 aromatic carbocycles. The number of ether oxygens (including phenoxy) is 1. The zero-order valence-electron chi connectivity index (χ0n) is 13.0. The quantitative estimate of drug-likeness (QED) is 0.815. The van der Waals surface area contributed by atoms with Crippen LogP contribution in [0.15, 0.2) is 42.5 Å². The van der Waals surface area contributed by atoms with Crippen molar-refractivity contribution in [3.05, 3.63) is 65.2 Å². The van der Waals surface area contributed by atoms with Crippen molar-refractivity contribution in [1.29, 1.82) is 0 Å². The average molecular weight is 347 g/mol. The Balaban J connectivity index is 1.83. The number of carbonyl (C=O) groups is 2. The zero-order chi connectivity index (χ0) is 18.0. The molecule has 2 aromatic rings. The predicted octanol–water partition coefficient (Wildman–Crippen LogP) is 2.46. The molecule has 1 fully saturated rings. The normalized spacial score (nSPS) is 19.5. The molecule has 1 saturated heterocycles. The highest BCUT2D eigenvalue weighted by Crippen LogP contribution is 2.34. The third-order valence-corrected chi connectivity index (χ3v) is 4.12. The molecule has 1 aliphatic rings. The fourth-order valence-corrected chi connectivity index (χ4v) is 2.91. The van der Waals surface area contributed by atoms with Crippen LogP contribution in [0.5, 0.6) is 5.75 Å². The van der Waals surface area contributed by atoms with E-state index in [2.05, 4.69) is 5.32 Å². The summed E-state index contributed by atoms with van der Waals surface area (Å²) in [6.07, 6.45) is 0. The summed E-state index contributed by atoms with van der Waals surface area (Å²) in [6, 6.07) is 11.1. The minimum atomic E-state index is -1.51. The van der Waals surface area contributed by atoms with Gasteiger partial charge in [-0.3, -0.25) is 9.59 Å². The van der Waals surface area contributed by atoms with Crippen molar-refractivity contribution in [2.75, 3.05) is 6.54 Å². The number of carboxylic acids is 1. The summed E-state index contributed by atoms with van der Waals surface area (Å²) in [5, 5.41) is 11.5. The standard InChI is InChI=1S/C18H15F2NO4/c19-13-6-11(25-9-10-4-2-1-3-5-10)7-14(20)15(13)12-8-21-17(22)16(12)18(23)24/h1-7,12,16H,8-9H2,(H,21,22)(H,23,24). The van der Waals surface area contributed by atoms with E-state index >= 15 is 0 Å². The molecule has 3 rings (SSSR count). The van der Waals surface area contributed by atoms with Gasteiger partial charge in [-0.1, -0.05) is 30.3 Å². The van der Waals surface area contributed by atoms with Crippen LogP contribution in [-0.2, 0) is 16.2 Å². The third-order valence-electron chi connectivity index (χ3n) is 4.12. The number of nitrogens with one attached hydrogen (secondary N) is 1. The lowest BCUT2D eigenvalue weighted by molar-refractivity contribution is -0.145. The molecular weight excluding hydrogens is 332 g/mol. The second kappa shape index (κ2) is 6.88. The first-order valence-electron chi connectivity index (χ1n) is 7.63. The Hall–Kier alpha value is -2.96. The molecule has 1 heterocycles. The lowest BCUT2D eigenvalue weighted by Gasteiger charge is -2.16. The zero-order valence-corrected chi connectivity index (χ0v) is 13.0. The van der Waals surface area contributed by atoms with Crippen LogP contribution < -0.4 is 10.1 Å². The average Bonchev–Trinajstić information content (AvgIpc) is 2.95. The lowest BCUT2D eigenvalue weighted by Crippen LogP contribution is -2.27. The number of hydrogen-bond donors (Lipinski definition) is 2. The first-order valence-corrected chi connectivity index (χ1v) is 7.63. The van der Waals surface area contributed by atoms with Crippen LogP contribution in [0, 0.1) is 17.6 Å². The highest BCUT2D eigenvalue weighted by atomic mass is 19.1. The molecule has 0 aromatic heterocycles. The summed E-state index contributed by atoms with van der Waals surface area (Å²) in [5.41, 5.74) is 0.418. The van der Waals surface area contributed by atoms with Gasteiger partial charge in [0.2, 0.25) is 5.91 Å². The Labute approximate surface area is 142 Å². The van der Waals surface area contributed by atoms with Crippen molar-refractivity contribution in [1.82, 2.24) is 5.32 Å². The van der Waals surface area contributed by atoms with Crippen LogP contribution in [0.1, 0.15) is 17.0 Å². The smallest absolute Gasteiger partial charge is 0.316 e. The summed E-state index contributed by atoms with van der Waals surface area (Å²) >= 11 is 0. The van der Waals surface area contributed by atoms with E-state index in [0.717, 1.165) is 17.7 Å². The van der Waals surface area contributed by atoms with E-state index in [0.29, 0.717) is 0 Å². The molecule has 0 radical (unpaired) electrons. The van der Waals surface area contributed by atoms with Gasteiger partial charge in [0, 0.05) is 30.2 Å². The second-order valence-electron chi connectivity index (χ2n) is 5.74. The van der Waals surface area contributed by atoms with Crippen LogP contribution in [0.4, 0.5) is 8.78 Å². The van der Waals surface area contributed by atoms with Crippen molar-refractivity contribution in [3.8, 4) is 5.75 Å². The minimum absolute atomic E-state index is 0.00763. The van der Waals surface area contributed by atoms with Gasteiger partial charge in [-0.05, 0) is 5.56 Å². The summed E-state index contributed by atoms with van der Waals surface area (Å²) in [4.78, 5) is 22.8. The van der Waals surface area contributed by atoms with Gasteiger partial charge >= 0.3 is 5.97 Å². The molecule has 2 unspecified atom stereocenters. The van der Waals surface area contributed by atoms with Crippen molar-refractivity contribution in [3.63, 3.8) is 0 Å². The fraction of sp³-hybridized carbons (Fsp3) is 0.222. The van der Waals surface area contributed by atoms with Crippen LogP contribution in [0.2, 0.25) is 0 Å². The largest absolute Gasteiger partial charge is 0.489 e. The van der Waals surface area contributed by atoms with E-state index in [1.807, 2.05) is 30.3 Å². The maximum atomic E-state index is 14.4. The first kappa shape index (κ1) is 16.9. The molecule has 2 atom stereocenters. The number of halogens is 2. The predicted molar refractivity (Wildman–Crippen MR) is 84.0 cm³/mol. The second-order valence-corrected chi connectivity index (χ2v) is 5.74. The summed E-state index contributed by atoms with van der Waals surface area (Å²) < 4.78 is 34.2. The Morgan fingerprint density at radius 2 is 1.84 bits per heavy atom. The summed E-state index contributed by atoms with van der Waals surface area (Å²) in [6.45, 7) is 0.00808. The Morgan fingerprint density at radius 1 is 1.20 bits per heavy atom. The van der Waals surface area contributed by atoms with E-state index in [4.69, 9.17) is 9.84 Å². The van der Waals surface area contributed by atoms with Gasteiger partial charge in [0.1, 0.15) is 29.9 Å². The highest BCUT2D eigenvalue weighted by Gasteiger charge is 2.43. The van der Waals surface area contributed by atoms with Crippen molar-refractivity contribution >= 4 is 11.9 Å². The molecule has 130 valence electrons. The summed E-state index contributed by atoms with van der Waals surface area (Å²) in [7, 11) is 0. The van der Waals surface area contributed by atoms with Gasteiger partial charge in [0.05, 0.1) is 0 Å². The number of amides is 1. The molecule has 0 aliphatic carbocycles. The van der Waals surface area contributed by atoms with Gasteiger partial charge in [-0.25, -0.2) is 8.78 Å². The van der Waals surface area contributed by atoms with Gasteiger partial charge in [0.25, 0.3) is 0 Å². The number of carbonyl (C=O) groups excluding carboxylic acids is 1. The van der Waals surface area contributed by atoms with Gasteiger partial charge in [-0.15, -0.1) is 0 Å². The molecule has 2 N–H and O–H groups in total. The molecule has 0 spiro atoms. The van der Waals surface area contributed by atoms with Crippen molar-refractivity contribution < 1.29 is 28.2 Å². The van der Waals surface area contributed by atoms with E-state index < -0.39 is 40.9 Å². The Kier molecular flexibility index (Phi) is 4.65. The topological polar surface area (TPSA) is 75.6 Å². The highest BCUT2D eigenvalue weighted by molar-refractivity contribution is 5.99. The monoisotopic (exact) mass is 347 g/mol. The van der Waals surface area contributed by atoms with Crippen LogP contribution in [0.3, 0.4) is 0 Å². The molecule has 7 heteroatoms. The van der Waals surface area contributed by atoms with Gasteiger partial charge in [-0.2, -0.15) is 0 Å². The summed E-state index contributed by atoms with van der Waals surface area (Å²) in [5.74, 6) is -6.66. The third kappa shape index (κ3) is 3.45. The Bertz CT molecular complexity index is 787. The minimum Gasteiger partial charge on any atom is -0.489 e. The number of benzene rings is 2. The molecular formula is C18H15F2NO4. The lowest BCUT2D eigenvalue weighted by atomic mass is 9.88.